The number of benzene rings is 2. The van der Waals surface area contributed by atoms with Crippen molar-refractivity contribution in [3.05, 3.63) is 71.8 Å². The number of hydrogen-bond donors (Lipinski definition) is 0. The molecule has 3 rings (SSSR count). The second-order valence-electron chi connectivity index (χ2n) is 8.94. The van der Waals surface area contributed by atoms with E-state index in [1.165, 1.54) is 7.11 Å². The summed E-state index contributed by atoms with van der Waals surface area (Å²) in [7, 11) is 1.30. The molecule has 0 unspecified atom stereocenters. The largest absolute Gasteiger partial charge is 0.467 e. The molecule has 1 heterocycles. The lowest BCUT2D eigenvalue weighted by atomic mass is 9.97. The number of nitrogens with zero attached hydrogens (tertiary/aromatic N) is 2. The molecular formula is C26H30N2O5. The number of ether oxygens (including phenoxy) is 2. The molecule has 0 radical (unpaired) electrons. The number of methoxy groups -OCH3 is 1. The molecule has 7 nitrogen and oxygen atoms in total. The van der Waals surface area contributed by atoms with Gasteiger partial charge in [-0.05, 0) is 33.6 Å². The maximum absolute atomic E-state index is 12.9. The third kappa shape index (κ3) is 6.28. The monoisotopic (exact) mass is 450 g/mol. The summed E-state index contributed by atoms with van der Waals surface area (Å²) in [6, 6.07) is 18.2. The molecule has 0 bridgehead atoms. The predicted octanol–water partition coefficient (Wildman–Crippen LogP) is 4.24. The molecule has 0 spiro atoms. The van der Waals surface area contributed by atoms with Crippen LogP contribution in [0.15, 0.2) is 65.7 Å². The quantitative estimate of drug-likeness (QED) is 0.485. The normalized spacial score (nSPS) is 16.8. The first-order valence-corrected chi connectivity index (χ1v) is 11.0. The molecule has 0 aromatic heterocycles. The number of amides is 2. The zero-order valence-electron chi connectivity index (χ0n) is 19.5. The van der Waals surface area contributed by atoms with Crippen LogP contribution in [0, 0.1) is 5.92 Å². The van der Waals surface area contributed by atoms with Crippen molar-refractivity contribution in [3.63, 3.8) is 0 Å². The Kier molecular flexibility index (Phi) is 7.63. The van der Waals surface area contributed by atoms with Gasteiger partial charge in [-0.3, -0.25) is 9.79 Å². The number of carbonyl (C=O) groups excluding carboxylic acids is 3. The highest BCUT2D eigenvalue weighted by Gasteiger charge is 2.40. The predicted molar refractivity (Wildman–Crippen MR) is 125 cm³/mol. The van der Waals surface area contributed by atoms with Crippen LogP contribution in [-0.2, 0) is 19.1 Å². The van der Waals surface area contributed by atoms with E-state index in [2.05, 4.69) is 0 Å². The first-order chi connectivity index (χ1) is 15.7. The number of rotatable bonds is 6. The average Bonchev–Trinajstić information content (AvgIpc) is 3.16. The van der Waals surface area contributed by atoms with Gasteiger partial charge in [-0.2, -0.15) is 0 Å². The molecule has 2 atom stereocenters. The Morgan fingerprint density at radius 2 is 1.58 bits per heavy atom. The van der Waals surface area contributed by atoms with E-state index < -0.39 is 29.6 Å². The fraction of sp³-hybridized carbons (Fsp3) is 0.385. The lowest BCUT2D eigenvalue weighted by molar-refractivity contribution is -0.142. The molecule has 2 aromatic rings. The minimum absolute atomic E-state index is 0.147. The minimum Gasteiger partial charge on any atom is -0.467 e. The summed E-state index contributed by atoms with van der Waals surface area (Å²) in [5, 5.41) is 0. The summed E-state index contributed by atoms with van der Waals surface area (Å²) < 4.78 is 10.3. The van der Waals surface area contributed by atoms with E-state index in [4.69, 9.17) is 14.5 Å². The van der Waals surface area contributed by atoms with E-state index >= 15 is 0 Å². The Morgan fingerprint density at radius 1 is 1.03 bits per heavy atom. The summed E-state index contributed by atoms with van der Waals surface area (Å²) in [5.74, 6) is -1.41. The lowest BCUT2D eigenvalue weighted by Gasteiger charge is -2.23. The third-order valence-electron chi connectivity index (χ3n) is 5.29. The van der Waals surface area contributed by atoms with E-state index in [1.54, 1.807) is 20.8 Å². The van der Waals surface area contributed by atoms with Crippen molar-refractivity contribution in [2.24, 2.45) is 10.9 Å². The smallest absolute Gasteiger partial charge is 0.417 e. The fourth-order valence-electron chi connectivity index (χ4n) is 3.73. The van der Waals surface area contributed by atoms with Gasteiger partial charge in [0, 0.05) is 23.6 Å². The summed E-state index contributed by atoms with van der Waals surface area (Å²) in [6.45, 7) is 5.50. The van der Waals surface area contributed by atoms with Gasteiger partial charge < -0.3 is 9.47 Å². The SMILES string of the molecule is COC(=O)[C@H](C[C@@H]1CCN(C(=O)OC(C)(C)C)C1=O)N=C(c1ccccc1)c1ccccc1. The molecule has 1 fully saturated rings. The molecule has 0 aliphatic carbocycles. The van der Waals surface area contributed by atoms with Gasteiger partial charge in [-0.25, -0.2) is 14.5 Å². The van der Waals surface area contributed by atoms with Crippen molar-refractivity contribution in [1.82, 2.24) is 4.90 Å². The molecule has 2 amide bonds. The highest BCUT2D eigenvalue weighted by molar-refractivity contribution is 6.13. The molecule has 1 saturated heterocycles. The first kappa shape index (κ1) is 24.2. The zero-order valence-corrected chi connectivity index (χ0v) is 19.5. The Hall–Kier alpha value is -3.48. The highest BCUT2D eigenvalue weighted by Crippen LogP contribution is 2.27. The molecular weight excluding hydrogens is 420 g/mol. The van der Waals surface area contributed by atoms with Crippen LogP contribution in [0.4, 0.5) is 4.79 Å². The molecule has 33 heavy (non-hydrogen) atoms. The van der Waals surface area contributed by atoms with Gasteiger partial charge in [0.05, 0.1) is 12.8 Å². The molecule has 1 aliphatic rings. The van der Waals surface area contributed by atoms with Gasteiger partial charge in [0.1, 0.15) is 11.6 Å². The second-order valence-corrected chi connectivity index (χ2v) is 8.94. The average molecular weight is 451 g/mol. The minimum atomic E-state index is -0.891. The highest BCUT2D eigenvalue weighted by atomic mass is 16.6. The number of aliphatic imine (C=N–C) groups is 1. The van der Waals surface area contributed by atoms with Gasteiger partial charge in [0.25, 0.3) is 0 Å². The van der Waals surface area contributed by atoms with Crippen LogP contribution in [-0.4, -0.2) is 53.9 Å². The van der Waals surface area contributed by atoms with Crippen molar-refractivity contribution >= 4 is 23.7 Å². The Balaban J connectivity index is 1.88. The van der Waals surface area contributed by atoms with Crippen molar-refractivity contribution < 1.29 is 23.9 Å². The van der Waals surface area contributed by atoms with E-state index in [1.807, 2.05) is 60.7 Å². The molecule has 7 heteroatoms. The van der Waals surface area contributed by atoms with E-state index in [0.29, 0.717) is 12.1 Å². The summed E-state index contributed by atoms with van der Waals surface area (Å²) in [4.78, 5) is 43.9. The van der Waals surface area contributed by atoms with Crippen LogP contribution in [0.3, 0.4) is 0 Å². The maximum Gasteiger partial charge on any atom is 0.417 e. The topological polar surface area (TPSA) is 85.3 Å². The molecule has 1 aliphatic heterocycles. The van der Waals surface area contributed by atoms with Crippen LogP contribution in [0.2, 0.25) is 0 Å². The van der Waals surface area contributed by atoms with Gasteiger partial charge in [-0.1, -0.05) is 60.7 Å². The standard InChI is InChI=1S/C26H30N2O5/c1-26(2,3)33-25(31)28-16-15-20(23(28)29)17-21(24(30)32-4)27-22(18-11-7-5-8-12-18)19-13-9-6-10-14-19/h5-14,20-21H,15-17H2,1-4H3/t20-,21-/m0/s1. The summed E-state index contributed by atoms with van der Waals surface area (Å²) in [6.07, 6.45) is -0.0801. The van der Waals surface area contributed by atoms with Crippen LogP contribution < -0.4 is 0 Å². The number of hydrogen-bond acceptors (Lipinski definition) is 6. The molecule has 174 valence electrons. The fourth-order valence-corrected chi connectivity index (χ4v) is 3.73. The molecule has 0 N–H and O–H groups in total. The molecule has 0 saturated carbocycles. The number of likely N-dealkylation sites (tertiary alicyclic amines) is 1. The summed E-state index contributed by atoms with van der Waals surface area (Å²) in [5.41, 5.74) is 1.65. The van der Waals surface area contributed by atoms with Crippen LogP contribution in [0.1, 0.15) is 44.7 Å². The second kappa shape index (κ2) is 10.4. The number of carbonyl (C=O) groups is 3. The van der Waals surface area contributed by atoms with Gasteiger partial charge >= 0.3 is 12.1 Å². The van der Waals surface area contributed by atoms with Gasteiger partial charge in [0.15, 0.2) is 0 Å². The zero-order chi connectivity index (χ0) is 24.0. The number of esters is 1. The van der Waals surface area contributed by atoms with Crippen molar-refractivity contribution in [2.75, 3.05) is 13.7 Å². The third-order valence-corrected chi connectivity index (χ3v) is 5.29. The van der Waals surface area contributed by atoms with E-state index in [9.17, 15) is 14.4 Å². The van der Waals surface area contributed by atoms with Crippen molar-refractivity contribution in [1.29, 1.82) is 0 Å². The lowest BCUT2D eigenvalue weighted by Crippen LogP contribution is -2.39. The van der Waals surface area contributed by atoms with Crippen LogP contribution in [0.25, 0.3) is 0 Å². The first-order valence-electron chi connectivity index (χ1n) is 11.0. The maximum atomic E-state index is 12.9. The van der Waals surface area contributed by atoms with Gasteiger partial charge in [0.2, 0.25) is 5.91 Å². The Labute approximate surface area is 194 Å². The van der Waals surface area contributed by atoms with Gasteiger partial charge in [-0.15, -0.1) is 0 Å². The van der Waals surface area contributed by atoms with Crippen LogP contribution >= 0.6 is 0 Å². The van der Waals surface area contributed by atoms with Crippen LogP contribution in [0.5, 0.6) is 0 Å². The molecule has 2 aromatic carbocycles. The Bertz CT molecular complexity index is 970. The van der Waals surface area contributed by atoms with E-state index in [0.717, 1.165) is 16.0 Å². The summed E-state index contributed by atoms with van der Waals surface area (Å²) >= 11 is 0. The Morgan fingerprint density at radius 3 is 2.06 bits per heavy atom. The number of imide groups is 1. The van der Waals surface area contributed by atoms with Crippen molar-refractivity contribution in [2.45, 2.75) is 45.3 Å². The van der Waals surface area contributed by atoms with Crippen molar-refractivity contribution in [3.8, 4) is 0 Å². The van der Waals surface area contributed by atoms with E-state index in [-0.39, 0.29) is 18.9 Å².